The summed E-state index contributed by atoms with van der Waals surface area (Å²) in [5.74, 6) is -1.28. The Hall–Kier alpha value is -2.95. The van der Waals surface area contributed by atoms with Gasteiger partial charge in [0.15, 0.2) is 17.7 Å². The molecule has 3 atom stereocenters. The normalized spacial score (nSPS) is 28.4. The Morgan fingerprint density at radius 1 is 0.869 bits per heavy atom. The molecule has 3 saturated heterocycles. The molecule has 340 valence electrons. The number of esters is 1. The summed E-state index contributed by atoms with van der Waals surface area (Å²) in [5, 5.41) is 13.4. The lowest BCUT2D eigenvalue weighted by atomic mass is 9.84. The number of carbonyl (C=O) groups excluding carboxylic acids is 2. The predicted octanol–water partition coefficient (Wildman–Crippen LogP) is 7.09. The highest BCUT2D eigenvalue weighted by Crippen LogP contribution is 2.45. The predicted molar refractivity (Wildman–Crippen MR) is 222 cm³/mol. The number of rotatable bonds is 17. The molecule has 5 aliphatic rings. The first kappa shape index (κ1) is 47.5. The van der Waals surface area contributed by atoms with Gasteiger partial charge < -0.3 is 38.1 Å². The molecule has 1 N–H and O–H groups in total. The molecule has 1 amide bonds. The lowest BCUT2D eigenvalue weighted by molar-refractivity contribution is -0.172. The molecule has 1 aromatic carbocycles. The second-order valence-electron chi connectivity index (χ2n) is 17.6. The lowest BCUT2D eigenvalue weighted by Crippen LogP contribution is -2.57. The van der Waals surface area contributed by atoms with Crippen LogP contribution in [-0.4, -0.2) is 117 Å². The van der Waals surface area contributed by atoms with Gasteiger partial charge >= 0.3 is 12.1 Å². The number of ether oxygens (including phenoxy) is 7. The van der Waals surface area contributed by atoms with E-state index < -0.39 is 52.2 Å². The second-order valence-corrected chi connectivity index (χ2v) is 17.9. The summed E-state index contributed by atoms with van der Waals surface area (Å²) in [5.41, 5.74) is -5.24. The van der Waals surface area contributed by atoms with Crippen LogP contribution in [0.15, 0.2) is 12.1 Å². The minimum absolute atomic E-state index is 0.00939. The average molecular weight is 881 g/mol. The van der Waals surface area contributed by atoms with Crippen LogP contribution in [0.5, 0.6) is 0 Å². The number of thiocarbonyl (C=S) groups is 1. The van der Waals surface area contributed by atoms with Crippen LogP contribution in [0, 0.1) is 11.3 Å². The molecule has 0 spiro atoms. The third kappa shape index (κ3) is 11.6. The molecule has 0 bridgehead atoms. The molecule has 2 aliphatic carbocycles. The molecular weight excluding hydrogens is 818 g/mol. The van der Waals surface area contributed by atoms with E-state index in [1.807, 2.05) is 4.90 Å². The van der Waals surface area contributed by atoms with Crippen molar-refractivity contribution in [2.45, 2.75) is 171 Å². The van der Waals surface area contributed by atoms with Crippen LogP contribution in [0.25, 0.3) is 0 Å². The van der Waals surface area contributed by atoms with Gasteiger partial charge in [-0.15, -0.1) is 0 Å². The number of anilines is 1. The number of halogens is 3. The van der Waals surface area contributed by atoms with Crippen LogP contribution < -0.4 is 10.2 Å². The van der Waals surface area contributed by atoms with E-state index in [-0.39, 0.29) is 47.7 Å². The number of hydrogen-bond donors (Lipinski definition) is 1. The lowest BCUT2D eigenvalue weighted by Gasteiger charge is -2.41. The third-order valence-electron chi connectivity index (χ3n) is 12.8. The molecule has 0 radical (unpaired) electrons. The maximum atomic E-state index is 15.2. The minimum Gasteiger partial charge on any atom is -0.468 e. The van der Waals surface area contributed by atoms with Gasteiger partial charge in [-0.3, -0.25) is 19.8 Å². The number of benzene rings is 1. The summed E-state index contributed by atoms with van der Waals surface area (Å²) in [6, 6.07) is 3.67. The maximum Gasteiger partial charge on any atom is 0.418 e. The zero-order valence-corrected chi connectivity index (χ0v) is 36.8. The fourth-order valence-corrected chi connectivity index (χ4v) is 10.2. The van der Waals surface area contributed by atoms with Gasteiger partial charge in [-0.25, -0.2) is 0 Å². The molecule has 3 unspecified atom stereocenters. The van der Waals surface area contributed by atoms with Crippen molar-refractivity contribution in [3.05, 3.63) is 28.8 Å². The van der Waals surface area contributed by atoms with E-state index in [9.17, 15) is 14.9 Å². The fraction of sp³-hybridized carbons (Fsp3) is 0.773. The first-order valence-electron chi connectivity index (χ1n) is 22.0. The number of methoxy groups -OCH3 is 1. The van der Waals surface area contributed by atoms with Gasteiger partial charge in [-0.2, -0.15) is 18.4 Å². The second kappa shape index (κ2) is 21.2. The molecule has 13 nitrogen and oxygen atoms in total. The molecule has 3 heterocycles. The molecule has 3 aliphatic heterocycles. The van der Waals surface area contributed by atoms with Gasteiger partial charge in [0, 0.05) is 31.7 Å². The Balaban J connectivity index is 1.15. The summed E-state index contributed by atoms with van der Waals surface area (Å²) in [7, 11) is 1.18. The highest BCUT2D eigenvalue weighted by atomic mass is 32.1. The number of amides is 1. The van der Waals surface area contributed by atoms with Crippen LogP contribution in [0.1, 0.15) is 127 Å². The van der Waals surface area contributed by atoms with E-state index in [4.69, 9.17) is 45.4 Å². The summed E-state index contributed by atoms with van der Waals surface area (Å²) >= 11 is 6.01. The van der Waals surface area contributed by atoms with E-state index in [0.29, 0.717) is 91.0 Å². The van der Waals surface area contributed by atoms with Crippen molar-refractivity contribution in [1.82, 2.24) is 10.2 Å². The van der Waals surface area contributed by atoms with E-state index in [0.717, 1.165) is 44.6 Å². The Bertz CT molecular complexity index is 1700. The van der Waals surface area contributed by atoms with Crippen LogP contribution >= 0.6 is 12.2 Å². The smallest absolute Gasteiger partial charge is 0.418 e. The fourth-order valence-electron chi connectivity index (χ4n) is 9.61. The van der Waals surface area contributed by atoms with E-state index in [1.54, 1.807) is 19.9 Å². The zero-order chi connectivity index (χ0) is 43.8. The number of nitrogens with one attached hydrogen (secondary N) is 1. The summed E-state index contributed by atoms with van der Waals surface area (Å²) in [4.78, 5) is 31.2. The van der Waals surface area contributed by atoms with Crippen LogP contribution in [-0.2, 0) is 55.3 Å². The quantitative estimate of drug-likeness (QED) is 0.0968. The first-order valence-corrected chi connectivity index (χ1v) is 22.4. The number of carbonyl (C=O) groups is 2. The Kier molecular flexibility index (Phi) is 16.5. The Morgan fingerprint density at radius 3 is 1.90 bits per heavy atom. The molecule has 61 heavy (non-hydrogen) atoms. The van der Waals surface area contributed by atoms with Gasteiger partial charge in [0.05, 0.1) is 68.6 Å². The topological polar surface area (TPSA) is 141 Å². The van der Waals surface area contributed by atoms with E-state index in [1.165, 1.54) is 25.0 Å². The van der Waals surface area contributed by atoms with Crippen LogP contribution in [0.2, 0.25) is 0 Å². The van der Waals surface area contributed by atoms with E-state index in [2.05, 4.69) is 5.32 Å². The SMILES string of the molecule is COC(=O)C(C)(Cc1c(N2C(=O)C(C)(C)N(C3CCC(OCCOC4CCCCO4)CC3)C2=S)ccc(C#N)c1C(F)(F)F)NC1CCC(OCCOC2CCCCO2)CC1. The highest BCUT2D eigenvalue weighted by Gasteiger charge is 2.54. The number of alkyl halides is 3. The summed E-state index contributed by atoms with van der Waals surface area (Å²) in [6.07, 6.45) is 5.21. The summed E-state index contributed by atoms with van der Waals surface area (Å²) in [6.45, 7) is 8.04. The highest BCUT2D eigenvalue weighted by molar-refractivity contribution is 7.80. The number of nitriles is 1. The maximum absolute atomic E-state index is 15.2. The van der Waals surface area contributed by atoms with E-state index >= 15 is 13.2 Å². The minimum atomic E-state index is -5.01. The zero-order valence-electron chi connectivity index (χ0n) is 36.0. The molecule has 17 heteroatoms. The Morgan fingerprint density at radius 2 is 1.41 bits per heavy atom. The average Bonchev–Trinajstić information content (AvgIpc) is 3.43. The number of nitrogens with zero attached hydrogens (tertiary/aromatic N) is 3. The van der Waals surface area contributed by atoms with Crippen molar-refractivity contribution in [3.63, 3.8) is 0 Å². The van der Waals surface area contributed by atoms with Crippen molar-refractivity contribution in [1.29, 1.82) is 5.26 Å². The van der Waals surface area contributed by atoms with Crippen molar-refractivity contribution >= 4 is 34.9 Å². The van der Waals surface area contributed by atoms with Crippen LogP contribution in [0.3, 0.4) is 0 Å². The van der Waals surface area contributed by atoms with Gasteiger partial charge in [-0.05, 0) is 141 Å². The third-order valence-corrected chi connectivity index (χ3v) is 13.2. The van der Waals surface area contributed by atoms with Crippen molar-refractivity contribution in [2.24, 2.45) is 0 Å². The van der Waals surface area contributed by atoms with Crippen LogP contribution in [0.4, 0.5) is 18.9 Å². The van der Waals surface area contributed by atoms with Gasteiger partial charge in [0.2, 0.25) is 0 Å². The van der Waals surface area contributed by atoms with Gasteiger partial charge in [0.1, 0.15) is 11.1 Å². The Labute approximate surface area is 363 Å². The molecule has 5 fully saturated rings. The number of hydrogen-bond acceptors (Lipinski definition) is 12. The molecular formula is C44H63F3N4O9S. The molecule has 1 aromatic rings. The van der Waals surface area contributed by atoms with Crippen molar-refractivity contribution in [3.8, 4) is 6.07 Å². The monoisotopic (exact) mass is 880 g/mol. The largest absolute Gasteiger partial charge is 0.468 e. The first-order chi connectivity index (χ1) is 29.2. The van der Waals surface area contributed by atoms with Crippen molar-refractivity contribution < 1.29 is 55.9 Å². The van der Waals surface area contributed by atoms with Crippen molar-refractivity contribution in [2.75, 3.05) is 51.7 Å². The standard InChI is InChI=1S/C44H63F3N4O9S/c1-42(2)39(52)50(41(61)51(42)31-14-18-33(19-15-31)56-24-26-60-37-10-6-8-22-58-37)35-20-11-29(28-48)38(44(45,46)47)34(35)27-43(3,40(53)54-4)49-30-12-16-32(17-13-30)55-23-25-59-36-9-5-7-21-57-36/h11,20,30-33,36-37,49H,5-10,12-19,21-27H2,1-4H3. The molecule has 6 rings (SSSR count). The summed E-state index contributed by atoms with van der Waals surface area (Å²) < 4.78 is 85.9. The van der Waals surface area contributed by atoms with Gasteiger partial charge in [-0.1, -0.05) is 0 Å². The van der Waals surface area contributed by atoms with Gasteiger partial charge in [0.25, 0.3) is 5.91 Å². The molecule has 2 saturated carbocycles. The molecule has 0 aromatic heterocycles.